The molecule has 0 aromatic carbocycles. The van der Waals surface area contributed by atoms with Gasteiger partial charge in [-0.05, 0) is 19.8 Å². The van der Waals surface area contributed by atoms with Gasteiger partial charge in [-0.2, -0.15) is 18.2 Å². The molecular formula is C11H14F3N5O2. The fourth-order valence-corrected chi connectivity index (χ4v) is 1.91. The molecule has 0 atom stereocenters. The van der Waals surface area contributed by atoms with Gasteiger partial charge in [-0.3, -0.25) is 10.1 Å². The summed E-state index contributed by atoms with van der Waals surface area (Å²) in [6, 6.07) is -0.366. The van der Waals surface area contributed by atoms with E-state index in [1.165, 1.54) is 0 Å². The first-order valence-corrected chi connectivity index (χ1v) is 6.40. The van der Waals surface area contributed by atoms with Crippen molar-refractivity contribution < 1.29 is 18.1 Å². The number of hydrogen-bond acceptors (Lipinski definition) is 6. The molecule has 0 saturated heterocycles. The molecule has 0 bridgehead atoms. The van der Waals surface area contributed by atoms with Crippen molar-refractivity contribution in [3.05, 3.63) is 16.3 Å². The van der Waals surface area contributed by atoms with Crippen LogP contribution in [0.1, 0.15) is 19.8 Å². The molecule has 7 nitrogen and oxygen atoms in total. The van der Waals surface area contributed by atoms with Crippen molar-refractivity contribution in [2.45, 2.75) is 32.0 Å². The summed E-state index contributed by atoms with van der Waals surface area (Å²) < 4.78 is 38.1. The molecule has 116 valence electrons. The Morgan fingerprint density at radius 3 is 2.67 bits per heavy atom. The van der Waals surface area contributed by atoms with Gasteiger partial charge in [0.15, 0.2) is 0 Å². The first kappa shape index (κ1) is 15.3. The molecule has 0 radical (unpaired) electrons. The average molecular weight is 305 g/mol. The first-order chi connectivity index (χ1) is 9.81. The van der Waals surface area contributed by atoms with Crippen LogP contribution >= 0.6 is 0 Å². The molecule has 1 aromatic rings. The Hall–Kier alpha value is -2.13. The summed E-state index contributed by atoms with van der Waals surface area (Å²) >= 11 is 0. The molecule has 10 heteroatoms. The fraction of sp³-hybridized carbons (Fsp3) is 0.636. The third-order valence-corrected chi connectivity index (χ3v) is 2.89. The topological polar surface area (TPSA) is 84.2 Å². The monoisotopic (exact) mass is 305 g/mol. The second-order valence-electron chi connectivity index (χ2n) is 4.66. The van der Waals surface area contributed by atoms with Gasteiger partial charge in [0.05, 0.1) is 4.92 Å². The number of rotatable bonds is 6. The number of hydrogen-bond donors (Lipinski definition) is 1. The zero-order chi connectivity index (χ0) is 15.6. The number of nitrogens with zero attached hydrogens (tertiary/aromatic N) is 4. The van der Waals surface area contributed by atoms with E-state index in [1.54, 1.807) is 6.92 Å². The van der Waals surface area contributed by atoms with E-state index in [0.717, 1.165) is 11.1 Å². The number of aromatic nitrogens is 2. The van der Waals surface area contributed by atoms with Crippen molar-refractivity contribution in [2.24, 2.45) is 0 Å². The Balaban J connectivity index is 2.40. The van der Waals surface area contributed by atoms with Crippen LogP contribution in [0.25, 0.3) is 0 Å². The zero-order valence-corrected chi connectivity index (χ0v) is 11.2. The third-order valence-electron chi connectivity index (χ3n) is 2.89. The quantitative estimate of drug-likeness (QED) is 0.641. The molecule has 21 heavy (non-hydrogen) atoms. The highest BCUT2D eigenvalue weighted by atomic mass is 19.4. The number of halogens is 3. The molecule has 1 aromatic heterocycles. The largest absolute Gasteiger partial charge is 0.405 e. The standard InChI is InChI=1S/C11H14F3N5O2/c1-2-15-10-16-5-8(19(20)21)9(17-10)18(7-3-4-7)6-11(12,13)14/h5,7H,2-4,6H2,1H3,(H,15,16,17). The minimum atomic E-state index is -4.46. The Morgan fingerprint density at radius 2 is 2.19 bits per heavy atom. The lowest BCUT2D eigenvalue weighted by Gasteiger charge is -2.24. The second-order valence-corrected chi connectivity index (χ2v) is 4.66. The smallest absolute Gasteiger partial charge is 0.354 e. The van der Waals surface area contributed by atoms with E-state index in [0.29, 0.717) is 19.4 Å². The molecule has 1 N–H and O–H groups in total. The highest BCUT2D eigenvalue weighted by Crippen LogP contribution is 2.37. The minimum absolute atomic E-state index is 0.0749. The Kier molecular flexibility index (Phi) is 4.14. The molecule has 2 rings (SSSR count). The van der Waals surface area contributed by atoms with Crippen LogP contribution in [0.3, 0.4) is 0 Å². The normalized spacial score (nSPS) is 14.9. The maximum Gasteiger partial charge on any atom is 0.405 e. The highest BCUT2D eigenvalue weighted by molar-refractivity contribution is 5.60. The molecule has 1 aliphatic rings. The van der Waals surface area contributed by atoms with Crippen molar-refractivity contribution in [1.29, 1.82) is 0 Å². The summed E-state index contributed by atoms with van der Waals surface area (Å²) in [7, 11) is 0. The van der Waals surface area contributed by atoms with Gasteiger partial charge in [0.1, 0.15) is 12.7 Å². The van der Waals surface area contributed by atoms with Crippen LogP contribution in [0.2, 0.25) is 0 Å². The molecule has 1 saturated carbocycles. The second kappa shape index (κ2) is 5.70. The summed E-state index contributed by atoms with van der Waals surface area (Å²) in [6.07, 6.45) is -2.40. The summed E-state index contributed by atoms with van der Waals surface area (Å²) in [5.41, 5.74) is -0.521. The van der Waals surface area contributed by atoms with Crippen LogP contribution in [0.15, 0.2) is 6.20 Å². The van der Waals surface area contributed by atoms with Crippen molar-refractivity contribution in [1.82, 2.24) is 9.97 Å². The fourth-order valence-electron chi connectivity index (χ4n) is 1.91. The van der Waals surface area contributed by atoms with Crippen molar-refractivity contribution in [3.8, 4) is 0 Å². The maximum absolute atomic E-state index is 12.7. The summed E-state index contributed by atoms with van der Waals surface area (Å²) in [6.45, 7) is 0.958. The number of anilines is 2. The van der Waals surface area contributed by atoms with Gasteiger partial charge in [0, 0.05) is 12.6 Å². The average Bonchev–Trinajstić information content (AvgIpc) is 3.19. The maximum atomic E-state index is 12.7. The van der Waals surface area contributed by atoms with Gasteiger partial charge in [0.2, 0.25) is 11.8 Å². The van der Waals surface area contributed by atoms with E-state index in [9.17, 15) is 23.3 Å². The summed E-state index contributed by atoms with van der Waals surface area (Å²) in [4.78, 5) is 18.8. The van der Waals surface area contributed by atoms with Crippen LogP contribution in [0, 0.1) is 10.1 Å². The minimum Gasteiger partial charge on any atom is -0.354 e. The van der Waals surface area contributed by atoms with Crippen LogP contribution in [-0.4, -0.2) is 40.2 Å². The molecule has 1 heterocycles. The number of alkyl halides is 3. The van der Waals surface area contributed by atoms with E-state index in [-0.39, 0.29) is 17.8 Å². The molecule has 0 spiro atoms. The molecular weight excluding hydrogens is 291 g/mol. The van der Waals surface area contributed by atoms with Crippen LogP contribution in [0.4, 0.5) is 30.6 Å². The van der Waals surface area contributed by atoms with Crippen LogP contribution in [0.5, 0.6) is 0 Å². The third kappa shape index (κ3) is 3.92. The summed E-state index contributed by atoms with van der Waals surface area (Å²) in [5, 5.41) is 13.7. The highest BCUT2D eigenvalue weighted by Gasteiger charge is 2.41. The van der Waals surface area contributed by atoms with Gasteiger partial charge >= 0.3 is 11.9 Å². The first-order valence-electron chi connectivity index (χ1n) is 6.40. The summed E-state index contributed by atoms with van der Waals surface area (Å²) in [5.74, 6) is -0.211. The van der Waals surface area contributed by atoms with E-state index in [4.69, 9.17) is 0 Å². The molecule has 0 aliphatic heterocycles. The van der Waals surface area contributed by atoms with Gasteiger partial charge in [-0.25, -0.2) is 4.98 Å². The van der Waals surface area contributed by atoms with Gasteiger partial charge < -0.3 is 10.2 Å². The van der Waals surface area contributed by atoms with Crippen molar-refractivity contribution in [2.75, 3.05) is 23.3 Å². The van der Waals surface area contributed by atoms with Crippen LogP contribution < -0.4 is 10.2 Å². The Bertz CT molecular complexity index is 533. The molecule has 1 aliphatic carbocycles. The van der Waals surface area contributed by atoms with Crippen molar-refractivity contribution >= 4 is 17.5 Å². The van der Waals surface area contributed by atoms with Crippen molar-refractivity contribution in [3.63, 3.8) is 0 Å². The van der Waals surface area contributed by atoms with Gasteiger partial charge in [-0.15, -0.1) is 0 Å². The lowest BCUT2D eigenvalue weighted by Crippen LogP contribution is -2.37. The predicted molar refractivity (Wildman–Crippen MR) is 69.3 cm³/mol. The van der Waals surface area contributed by atoms with Gasteiger partial charge in [0.25, 0.3) is 0 Å². The molecule has 0 unspecified atom stereocenters. The lowest BCUT2D eigenvalue weighted by atomic mass is 10.3. The number of nitrogens with one attached hydrogen (secondary N) is 1. The molecule has 0 amide bonds. The Labute approximate surface area is 118 Å². The zero-order valence-electron chi connectivity index (χ0n) is 11.2. The molecule has 1 fully saturated rings. The van der Waals surface area contributed by atoms with Gasteiger partial charge in [-0.1, -0.05) is 0 Å². The SMILES string of the molecule is CCNc1ncc([N+](=O)[O-])c(N(CC(F)(F)F)C2CC2)n1. The van der Waals surface area contributed by atoms with E-state index in [2.05, 4.69) is 15.3 Å². The number of nitro groups is 1. The van der Waals surface area contributed by atoms with Crippen LogP contribution in [-0.2, 0) is 0 Å². The predicted octanol–water partition coefficient (Wildman–Crippen LogP) is 2.35. The lowest BCUT2D eigenvalue weighted by molar-refractivity contribution is -0.384. The van der Waals surface area contributed by atoms with E-state index in [1.807, 2.05) is 0 Å². The van der Waals surface area contributed by atoms with E-state index < -0.39 is 23.3 Å². The Morgan fingerprint density at radius 1 is 1.52 bits per heavy atom. The van der Waals surface area contributed by atoms with E-state index >= 15 is 0 Å².